The largest absolute Gasteiger partial charge is 0.320 e. The second-order valence-corrected chi connectivity index (χ2v) is 9.21. The van der Waals surface area contributed by atoms with Gasteiger partial charge in [-0.25, -0.2) is 0 Å². The Hall–Kier alpha value is 0.390. The zero-order chi connectivity index (χ0) is 12.6. The molecule has 18 heavy (non-hydrogen) atoms. The van der Waals surface area contributed by atoms with Crippen molar-refractivity contribution in [3.8, 4) is 0 Å². The molecule has 0 saturated heterocycles. The molecule has 1 nitrogen and oxygen atoms in total. The molecule has 2 saturated carbocycles. The van der Waals surface area contributed by atoms with Crippen LogP contribution in [0.1, 0.15) is 70.6 Å². The number of hydrogen-bond acceptors (Lipinski definition) is 1. The Kier molecular flexibility index (Phi) is 7.02. The van der Waals surface area contributed by atoms with E-state index in [1.54, 1.807) is 31.8 Å². The lowest BCUT2D eigenvalue weighted by atomic mass is 9.99. The number of rotatable bonds is 6. The summed E-state index contributed by atoms with van der Waals surface area (Å²) in [6, 6.07) is 0. The summed E-state index contributed by atoms with van der Waals surface area (Å²) in [5.41, 5.74) is 2.29. The van der Waals surface area contributed by atoms with Gasteiger partial charge in [-0.3, -0.25) is 0 Å². The quantitative estimate of drug-likeness (QED) is 0.542. The summed E-state index contributed by atoms with van der Waals surface area (Å²) in [6.45, 7) is 1.23. The smallest absolute Gasteiger partial charge is 0.00486 e. The minimum atomic E-state index is 0.351. The van der Waals surface area contributed by atoms with Crippen LogP contribution in [0.25, 0.3) is 0 Å². The van der Waals surface area contributed by atoms with Crippen LogP contribution in [-0.2, 0) is 0 Å². The first-order valence-corrected chi connectivity index (χ1v) is 9.98. The molecule has 0 amide bonds. The average molecular weight is 269 g/mol. The Morgan fingerprint density at radius 2 is 1.33 bits per heavy atom. The predicted octanol–water partition coefficient (Wildman–Crippen LogP) is 4.74. The van der Waals surface area contributed by atoms with Gasteiger partial charge in [0.25, 0.3) is 0 Å². The molecule has 2 heteroatoms. The van der Waals surface area contributed by atoms with Gasteiger partial charge in [-0.1, -0.05) is 38.5 Å². The normalized spacial score (nSPS) is 23.7. The van der Waals surface area contributed by atoms with Crippen molar-refractivity contribution < 1.29 is 0 Å². The molecule has 0 bridgehead atoms. The summed E-state index contributed by atoms with van der Waals surface area (Å²) >= 11 is 0. The molecule has 2 fully saturated rings. The number of nitrogens with one attached hydrogen (secondary N) is 1. The van der Waals surface area contributed by atoms with Gasteiger partial charge in [-0.05, 0) is 63.2 Å². The third kappa shape index (κ3) is 4.49. The van der Waals surface area contributed by atoms with E-state index >= 15 is 0 Å². The lowest BCUT2D eigenvalue weighted by Crippen LogP contribution is -2.23. The van der Waals surface area contributed by atoms with E-state index in [2.05, 4.69) is 12.4 Å². The van der Waals surface area contributed by atoms with Crippen molar-refractivity contribution in [2.75, 3.05) is 19.8 Å². The summed E-state index contributed by atoms with van der Waals surface area (Å²) in [6.07, 6.45) is 18.4. The van der Waals surface area contributed by atoms with Gasteiger partial charge in [0, 0.05) is 0 Å². The van der Waals surface area contributed by atoms with E-state index in [0.717, 1.165) is 11.3 Å². The third-order valence-electron chi connectivity index (χ3n) is 4.93. The van der Waals surface area contributed by atoms with Crippen molar-refractivity contribution in [2.24, 2.45) is 0 Å². The second-order valence-electron chi connectivity index (χ2n) is 6.28. The van der Waals surface area contributed by atoms with E-state index in [0.29, 0.717) is 7.92 Å². The van der Waals surface area contributed by atoms with E-state index in [1.807, 2.05) is 0 Å². The van der Waals surface area contributed by atoms with E-state index in [4.69, 9.17) is 0 Å². The van der Waals surface area contributed by atoms with Gasteiger partial charge in [0.2, 0.25) is 0 Å². The van der Waals surface area contributed by atoms with Gasteiger partial charge in [0.05, 0.1) is 0 Å². The minimum absolute atomic E-state index is 0.351. The fourth-order valence-electron chi connectivity index (χ4n) is 3.93. The molecule has 2 aliphatic rings. The first kappa shape index (κ1) is 14.8. The summed E-state index contributed by atoms with van der Waals surface area (Å²) < 4.78 is 0. The highest BCUT2D eigenvalue weighted by Crippen LogP contribution is 2.55. The van der Waals surface area contributed by atoms with Gasteiger partial charge >= 0.3 is 0 Å². The molecule has 0 spiro atoms. The monoisotopic (exact) mass is 269 g/mol. The molecule has 2 aliphatic carbocycles. The highest BCUT2D eigenvalue weighted by molar-refractivity contribution is 7.59. The van der Waals surface area contributed by atoms with Gasteiger partial charge in [0.15, 0.2) is 0 Å². The lowest BCUT2D eigenvalue weighted by molar-refractivity contribution is 0.483. The average Bonchev–Trinajstić information content (AvgIpc) is 2.46. The Balaban J connectivity index is 1.87. The molecule has 0 aromatic carbocycles. The molecule has 0 aliphatic heterocycles. The molecular formula is C16H32NP. The zero-order valence-corrected chi connectivity index (χ0v) is 13.2. The van der Waals surface area contributed by atoms with Crippen LogP contribution in [-0.4, -0.2) is 31.1 Å². The van der Waals surface area contributed by atoms with Crippen LogP contribution in [0.2, 0.25) is 0 Å². The van der Waals surface area contributed by atoms with Crippen LogP contribution in [0.4, 0.5) is 0 Å². The van der Waals surface area contributed by atoms with E-state index in [1.165, 1.54) is 51.5 Å². The van der Waals surface area contributed by atoms with Crippen LogP contribution in [0, 0.1) is 0 Å². The standard InChI is InChI=1S/C16H32NP/c1-17-13-8-14-18(15-9-4-2-5-10-15)16-11-6-3-7-12-16/h15-17H,2-14H2,1H3. The van der Waals surface area contributed by atoms with E-state index in [9.17, 15) is 0 Å². The first-order chi connectivity index (χ1) is 8.92. The van der Waals surface area contributed by atoms with Crippen LogP contribution >= 0.6 is 7.92 Å². The maximum Gasteiger partial charge on any atom is -0.00486 e. The van der Waals surface area contributed by atoms with Crippen molar-refractivity contribution in [1.82, 2.24) is 5.32 Å². The van der Waals surface area contributed by atoms with Gasteiger partial charge in [-0.2, -0.15) is 0 Å². The van der Waals surface area contributed by atoms with Crippen LogP contribution in [0.5, 0.6) is 0 Å². The van der Waals surface area contributed by atoms with Crippen LogP contribution in [0.3, 0.4) is 0 Å². The number of hydrogen-bond donors (Lipinski definition) is 1. The molecule has 0 unspecified atom stereocenters. The van der Waals surface area contributed by atoms with E-state index < -0.39 is 0 Å². The SMILES string of the molecule is CNCCCP(C1CCCCC1)C1CCCCC1. The molecule has 0 aromatic rings. The summed E-state index contributed by atoms with van der Waals surface area (Å²) in [4.78, 5) is 0. The van der Waals surface area contributed by atoms with Gasteiger partial charge < -0.3 is 5.32 Å². The lowest BCUT2D eigenvalue weighted by Gasteiger charge is -2.38. The topological polar surface area (TPSA) is 12.0 Å². The minimum Gasteiger partial charge on any atom is -0.320 e. The molecule has 0 aromatic heterocycles. The van der Waals surface area contributed by atoms with Crippen LogP contribution in [0.15, 0.2) is 0 Å². The molecule has 2 rings (SSSR count). The van der Waals surface area contributed by atoms with Crippen molar-refractivity contribution >= 4 is 7.92 Å². The summed E-state index contributed by atoms with van der Waals surface area (Å²) in [5, 5.41) is 3.34. The Morgan fingerprint density at radius 1 is 0.833 bits per heavy atom. The summed E-state index contributed by atoms with van der Waals surface area (Å²) in [7, 11) is 2.45. The zero-order valence-electron chi connectivity index (χ0n) is 12.3. The van der Waals surface area contributed by atoms with Gasteiger partial charge in [-0.15, -0.1) is 7.92 Å². The summed E-state index contributed by atoms with van der Waals surface area (Å²) in [5.74, 6) is 0. The Bertz CT molecular complexity index is 189. The fraction of sp³-hybridized carbons (Fsp3) is 1.00. The van der Waals surface area contributed by atoms with E-state index in [-0.39, 0.29) is 0 Å². The molecular weight excluding hydrogens is 237 g/mol. The highest BCUT2D eigenvalue weighted by Gasteiger charge is 2.30. The maximum absolute atomic E-state index is 3.34. The Morgan fingerprint density at radius 3 is 1.78 bits per heavy atom. The molecule has 0 atom stereocenters. The van der Waals surface area contributed by atoms with Crippen molar-refractivity contribution in [3.05, 3.63) is 0 Å². The molecule has 1 N–H and O–H groups in total. The maximum atomic E-state index is 3.34. The second kappa shape index (κ2) is 8.54. The first-order valence-electron chi connectivity index (χ1n) is 8.32. The highest BCUT2D eigenvalue weighted by atomic mass is 31.1. The Labute approximate surface area is 115 Å². The molecule has 106 valence electrons. The van der Waals surface area contributed by atoms with Crippen molar-refractivity contribution in [2.45, 2.75) is 81.9 Å². The fourth-order valence-corrected chi connectivity index (χ4v) is 7.83. The van der Waals surface area contributed by atoms with Crippen LogP contribution < -0.4 is 5.32 Å². The van der Waals surface area contributed by atoms with Crippen molar-refractivity contribution in [1.29, 1.82) is 0 Å². The molecule has 0 heterocycles. The predicted molar refractivity (Wildman–Crippen MR) is 84.1 cm³/mol. The third-order valence-corrected chi connectivity index (χ3v) is 8.67. The van der Waals surface area contributed by atoms with Gasteiger partial charge in [0.1, 0.15) is 0 Å². The van der Waals surface area contributed by atoms with Crippen molar-refractivity contribution in [3.63, 3.8) is 0 Å². The molecule has 0 radical (unpaired) electrons.